The Bertz CT molecular complexity index is 747. The molecule has 0 bridgehead atoms. The molecule has 2 unspecified atom stereocenters. The number of fused-ring (bicyclic) bond motifs is 1. The van der Waals surface area contributed by atoms with Gasteiger partial charge in [-0.15, -0.1) is 22.9 Å². The first-order valence-electron chi connectivity index (χ1n) is 6.90. The summed E-state index contributed by atoms with van der Waals surface area (Å²) in [5.41, 5.74) is 1.99. The lowest BCUT2D eigenvalue weighted by molar-refractivity contribution is 0.538. The van der Waals surface area contributed by atoms with Crippen molar-refractivity contribution in [3.05, 3.63) is 51.4 Å². The van der Waals surface area contributed by atoms with Crippen LogP contribution in [0.2, 0.25) is 5.02 Å². The Morgan fingerprint density at radius 1 is 1.29 bits per heavy atom. The minimum atomic E-state index is -0.137. The second-order valence-corrected chi connectivity index (χ2v) is 7.34. The van der Waals surface area contributed by atoms with Gasteiger partial charge in [0.15, 0.2) is 0 Å². The summed E-state index contributed by atoms with van der Waals surface area (Å²) in [6.07, 6.45) is 0.975. The van der Waals surface area contributed by atoms with Gasteiger partial charge in [0, 0.05) is 22.4 Å². The lowest BCUT2D eigenvalue weighted by Gasteiger charge is -2.18. The standard InChI is InChI=1S/C16H16Cl2N2S/c1-10(8-13-4-3-7-21-13)20-15-6-5-12(18)9-14(15)19-16(20)11(2)17/h3-7,9-11H,8H2,1-2H3. The first kappa shape index (κ1) is 14.9. The number of rotatable bonds is 4. The monoisotopic (exact) mass is 338 g/mol. The predicted molar refractivity (Wildman–Crippen MR) is 91.7 cm³/mol. The number of benzene rings is 1. The Morgan fingerprint density at radius 2 is 2.10 bits per heavy atom. The molecule has 3 aromatic rings. The molecule has 2 nitrogen and oxygen atoms in total. The van der Waals surface area contributed by atoms with Gasteiger partial charge < -0.3 is 4.57 Å². The molecule has 0 aliphatic rings. The van der Waals surface area contributed by atoms with Crippen LogP contribution in [0, 0.1) is 0 Å². The number of alkyl halides is 1. The molecule has 0 radical (unpaired) electrons. The van der Waals surface area contributed by atoms with Crippen LogP contribution >= 0.6 is 34.5 Å². The molecule has 0 fully saturated rings. The second kappa shape index (κ2) is 5.99. The van der Waals surface area contributed by atoms with E-state index in [-0.39, 0.29) is 5.38 Å². The molecule has 0 saturated heterocycles. The van der Waals surface area contributed by atoms with Gasteiger partial charge in [0.25, 0.3) is 0 Å². The van der Waals surface area contributed by atoms with E-state index >= 15 is 0 Å². The van der Waals surface area contributed by atoms with E-state index in [1.165, 1.54) is 4.88 Å². The number of halogens is 2. The number of nitrogens with zero attached hydrogens (tertiary/aromatic N) is 2. The number of hydrogen-bond acceptors (Lipinski definition) is 2. The summed E-state index contributed by atoms with van der Waals surface area (Å²) in [4.78, 5) is 6.04. The average Bonchev–Trinajstić information content (AvgIpc) is 3.04. The molecule has 1 aromatic carbocycles. The normalized spacial score (nSPS) is 14.5. The van der Waals surface area contributed by atoms with Crippen LogP contribution < -0.4 is 0 Å². The molecule has 0 aliphatic heterocycles. The van der Waals surface area contributed by atoms with Crippen molar-refractivity contribution in [3.63, 3.8) is 0 Å². The van der Waals surface area contributed by atoms with Crippen molar-refractivity contribution < 1.29 is 0 Å². The molecule has 2 heterocycles. The topological polar surface area (TPSA) is 17.8 Å². The lowest BCUT2D eigenvalue weighted by Crippen LogP contribution is -2.11. The zero-order valence-electron chi connectivity index (χ0n) is 11.9. The third kappa shape index (κ3) is 2.96. The molecule has 0 amide bonds. The smallest absolute Gasteiger partial charge is 0.127 e. The quantitative estimate of drug-likeness (QED) is 0.545. The van der Waals surface area contributed by atoms with Crippen molar-refractivity contribution in [2.24, 2.45) is 0 Å². The molecular formula is C16H16Cl2N2S. The predicted octanol–water partition coefficient (Wildman–Crippen LogP) is 5.85. The number of hydrogen-bond donors (Lipinski definition) is 0. The Kier molecular flexibility index (Phi) is 4.25. The molecule has 0 aliphatic carbocycles. The third-order valence-corrected chi connectivity index (χ3v) is 4.88. The zero-order chi connectivity index (χ0) is 15.0. The molecule has 21 heavy (non-hydrogen) atoms. The van der Waals surface area contributed by atoms with E-state index in [0.717, 1.165) is 23.3 Å². The van der Waals surface area contributed by atoms with Crippen molar-refractivity contribution >= 4 is 45.6 Å². The van der Waals surface area contributed by atoms with E-state index in [2.05, 4.69) is 34.0 Å². The summed E-state index contributed by atoms with van der Waals surface area (Å²) in [6, 6.07) is 10.4. The fraction of sp³-hybridized carbons (Fsp3) is 0.312. The van der Waals surface area contributed by atoms with Crippen molar-refractivity contribution in [3.8, 4) is 0 Å². The van der Waals surface area contributed by atoms with Crippen LogP contribution in [-0.2, 0) is 6.42 Å². The molecule has 2 atom stereocenters. The molecule has 2 aromatic heterocycles. The molecule has 5 heteroatoms. The third-order valence-electron chi connectivity index (χ3n) is 3.55. The summed E-state index contributed by atoms with van der Waals surface area (Å²) >= 11 is 14.2. The van der Waals surface area contributed by atoms with Gasteiger partial charge >= 0.3 is 0 Å². The fourth-order valence-electron chi connectivity index (χ4n) is 2.65. The van der Waals surface area contributed by atoms with E-state index in [1.54, 1.807) is 11.3 Å². The van der Waals surface area contributed by atoms with Gasteiger partial charge in [0.05, 0.1) is 16.4 Å². The van der Waals surface area contributed by atoms with Gasteiger partial charge in [0.1, 0.15) is 5.82 Å². The Hall–Kier alpha value is -1.03. The highest BCUT2D eigenvalue weighted by Crippen LogP contribution is 2.31. The van der Waals surface area contributed by atoms with Gasteiger partial charge in [-0.3, -0.25) is 0 Å². The van der Waals surface area contributed by atoms with E-state index in [4.69, 9.17) is 23.2 Å². The Morgan fingerprint density at radius 3 is 2.76 bits per heavy atom. The average molecular weight is 339 g/mol. The van der Waals surface area contributed by atoms with Crippen LogP contribution in [0.3, 0.4) is 0 Å². The van der Waals surface area contributed by atoms with Gasteiger partial charge in [-0.2, -0.15) is 0 Å². The highest BCUT2D eigenvalue weighted by molar-refractivity contribution is 7.09. The molecule has 0 spiro atoms. The summed E-state index contributed by atoms with van der Waals surface area (Å²) in [5.74, 6) is 0.901. The minimum absolute atomic E-state index is 0.137. The lowest BCUT2D eigenvalue weighted by atomic mass is 10.2. The summed E-state index contributed by atoms with van der Waals surface area (Å²) < 4.78 is 2.24. The van der Waals surface area contributed by atoms with Gasteiger partial charge in [-0.05, 0) is 43.5 Å². The van der Waals surface area contributed by atoms with Gasteiger partial charge in [-0.25, -0.2) is 4.98 Å². The summed E-state index contributed by atoms with van der Waals surface area (Å²) in [6.45, 7) is 4.16. The molecule has 3 rings (SSSR count). The van der Waals surface area contributed by atoms with Crippen LogP contribution in [0.5, 0.6) is 0 Å². The number of aromatic nitrogens is 2. The van der Waals surface area contributed by atoms with E-state index in [1.807, 2.05) is 25.1 Å². The molecule has 0 saturated carbocycles. The van der Waals surface area contributed by atoms with Crippen molar-refractivity contribution in [2.45, 2.75) is 31.7 Å². The zero-order valence-corrected chi connectivity index (χ0v) is 14.2. The number of thiophene rings is 1. The first-order valence-corrected chi connectivity index (χ1v) is 8.59. The fourth-order valence-corrected chi connectivity index (χ4v) is 3.79. The Balaban J connectivity index is 2.08. The maximum atomic E-state index is 6.33. The maximum absolute atomic E-state index is 6.33. The molecular weight excluding hydrogens is 323 g/mol. The summed E-state index contributed by atoms with van der Waals surface area (Å²) in [5, 5.41) is 2.67. The van der Waals surface area contributed by atoms with E-state index < -0.39 is 0 Å². The van der Waals surface area contributed by atoms with Gasteiger partial charge in [-0.1, -0.05) is 17.7 Å². The van der Waals surface area contributed by atoms with Crippen LogP contribution in [0.25, 0.3) is 11.0 Å². The van der Waals surface area contributed by atoms with Crippen molar-refractivity contribution in [2.75, 3.05) is 0 Å². The Labute approximate surface area is 138 Å². The van der Waals surface area contributed by atoms with Crippen LogP contribution in [0.4, 0.5) is 0 Å². The first-order chi connectivity index (χ1) is 10.1. The number of imidazole rings is 1. The molecule has 0 N–H and O–H groups in total. The second-order valence-electron chi connectivity index (χ2n) is 5.22. The minimum Gasteiger partial charge on any atom is -0.324 e. The van der Waals surface area contributed by atoms with E-state index in [9.17, 15) is 0 Å². The largest absolute Gasteiger partial charge is 0.324 e. The maximum Gasteiger partial charge on any atom is 0.127 e. The molecule has 110 valence electrons. The highest BCUT2D eigenvalue weighted by atomic mass is 35.5. The van der Waals surface area contributed by atoms with E-state index in [0.29, 0.717) is 11.1 Å². The highest BCUT2D eigenvalue weighted by Gasteiger charge is 2.19. The van der Waals surface area contributed by atoms with Crippen molar-refractivity contribution in [1.82, 2.24) is 9.55 Å². The van der Waals surface area contributed by atoms with Crippen LogP contribution in [0.15, 0.2) is 35.7 Å². The SMILES string of the molecule is CC(Cl)c1nc2cc(Cl)ccc2n1C(C)Cc1cccs1. The van der Waals surface area contributed by atoms with Gasteiger partial charge in [0.2, 0.25) is 0 Å². The summed E-state index contributed by atoms with van der Waals surface area (Å²) in [7, 11) is 0. The van der Waals surface area contributed by atoms with Crippen LogP contribution in [0.1, 0.15) is 36.0 Å². The van der Waals surface area contributed by atoms with Crippen molar-refractivity contribution in [1.29, 1.82) is 0 Å². The van der Waals surface area contributed by atoms with Crippen LogP contribution in [-0.4, -0.2) is 9.55 Å².